The Balaban J connectivity index is 1.68. The van der Waals surface area contributed by atoms with E-state index in [2.05, 4.69) is 36.5 Å². The lowest BCUT2D eigenvalue weighted by Gasteiger charge is -2.13. The molecule has 1 saturated carbocycles. The van der Waals surface area contributed by atoms with E-state index in [1.807, 2.05) is 0 Å². The lowest BCUT2D eigenvalue weighted by Crippen LogP contribution is -2.25. The zero-order chi connectivity index (χ0) is 13.5. The fourth-order valence-electron chi connectivity index (χ4n) is 2.08. The fraction of sp³-hybridized carbons (Fsp3) is 0.625. The van der Waals surface area contributed by atoms with Gasteiger partial charge in [-0.2, -0.15) is 0 Å². The summed E-state index contributed by atoms with van der Waals surface area (Å²) in [5, 5.41) is 3.40. The highest BCUT2D eigenvalue weighted by atomic mass is 16.5. The van der Waals surface area contributed by atoms with E-state index in [-0.39, 0.29) is 0 Å². The Labute approximate surface area is 116 Å². The summed E-state index contributed by atoms with van der Waals surface area (Å²) in [5.74, 6) is 1.64. The highest BCUT2D eigenvalue weighted by molar-refractivity contribution is 5.28. The van der Waals surface area contributed by atoms with Gasteiger partial charge in [0.1, 0.15) is 5.75 Å². The number of benzene rings is 1. The fourth-order valence-corrected chi connectivity index (χ4v) is 2.08. The molecule has 1 unspecified atom stereocenters. The largest absolute Gasteiger partial charge is 0.490 e. The van der Waals surface area contributed by atoms with Gasteiger partial charge >= 0.3 is 0 Å². The molecule has 3 heteroatoms. The molecule has 0 aliphatic heterocycles. The Bertz CT molecular complexity index is 360. The van der Waals surface area contributed by atoms with Crippen molar-refractivity contribution in [1.29, 1.82) is 0 Å². The average molecular weight is 263 g/mol. The van der Waals surface area contributed by atoms with Crippen LogP contribution >= 0.6 is 0 Å². The second-order valence-electron chi connectivity index (χ2n) is 5.47. The molecule has 0 heterocycles. The first-order chi connectivity index (χ1) is 9.28. The van der Waals surface area contributed by atoms with E-state index in [0.29, 0.717) is 12.0 Å². The molecule has 2 rings (SSSR count). The van der Waals surface area contributed by atoms with Crippen molar-refractivity contribution in [3.63, 3.8) is 0 Å². The third-order valence-electron chi connectivity index (χ3n) is 3.31. The minimum Gasteiger partial charge on any atom is -0.490 e. The molecule has 0 radical (unpaired) electrons. The Morgan fingerprint density at radius 1 is 1.26 bits per heavy atom. The highest BCUT2D eigenvalue weighted by Crippen LogP contribution is 2.26. The molecule has 1 atom stereocenters. The topological polar surface area (TPSA) is 30.5 Å². The van der Waals surface area contributed by atoms with Crippen LogP contribution in [-0.4, -0.2) is 32.9 Å². The van der Waals surface area contributed by atoms with Gasteiger partial charge in [0, 0.05) is 13.7 Å². The van der Waals surface area contributed by atoms with Crippen molar-refractivity contribution in [3.05, 3.63) is 29.8 Å². The average Bonchev–Trinajstić information content (AvgIpc) is 3.21. The predicted octanol–water partition coefficient (Wildman–Crippen LogP) is 2.64. The summed E-state index contributed by atoms with van der Waals surface area (Å²) in [4.78, 5) is 0. The molecular weight excluding hydrogens is 238 g/mol. The summed E-state index contributed by atoms with van der Waals surface area (Å²) >= 11 is 0. The van der Waals surface area contributed by atoms with Crippen LogP contribution in [0.15, 0.2) is 24.3 Å². The zero-order valence-electron chi connectivity index (χ0n) is 12.0. The van der Waals surface area contributed by atoms with Gasteiger partial charge in [0.2, 0.25) is 0 Å². The molecule has 0 amide bonds. The first-order valence-corrected chi connectivity index (χ1v) is 7.23. The van der Waals surface area contributed by atoms with Crippen LogP contribution in [-0.2, 0) is 11.2 Å². The van der Waals surface area contributed by atoms with Crippen molar-refractivity contribution in [3.8, 4) is 5.75 Å². The number of rotatable bonds is 9. The highest BCUT2D eigenvalue weighted by Gasteiger charge is 2.23. The normalized spacial score (nSPS) is 16.3. The van der Waals surface area contributed by atoms with E-state index >= 15 is 0 Å². The number of hydrogen-bond donors (Lipinski definition) is 1. The Hall–Kier alpha value is -1.06. The summed E-state index contributed by atoms with van der Waals surface area (Å²) in [6, 6.07) is 8.56. The van der Waals surface area contributed by atoms with Crippen molar-refractivity contribution < 1.29 is 9.47 Å². The lowest BCUT2D eigenvalue weighted by atomic mass is 10.0. The summed E-state index contributed by atoms with van der Waals surface area (Å²) in [5.41, 5.74) is 1.38. The third kappa shape index (κ3) is 5.62. The number of hydrogen-bond acceptors (Lipinski definition) is 3. The summed E-state index contributed by atoms with van der Waals surface area (Å²) in [6.45, 7) is 5.01. The molecule has 1 N–H and O–H groups in total. The molecule has 1 aromatic carbocycles. The lowest BCUT2D eigenvalue weighted by molar-refractivity contribution is 0.198. The van der Waals surface area contributed by atoms with E-state index in [1.54, 1.807) is 7.11 Å². The van der Waals surface area contributed by atoms with Gasteiger partial charge in [0.15, 0.2) is 0 Å². The van der Waals surface area contributed by atoms with Crippen molar-refractivity contribution in [2.45, 2.75) is 32.3 Å². The predicted molar refractivity (Wildman–Crippen MR) is 77.7 cm³/mol. The van der Waals surface area contributed by atoms with Gasteiger partial charge in [-0.3, -0.25) is 0 Å². The van der Waals surface area contributed by atoms with Crippen LogP contribution in [0.5, 0.6) is 5.75 Å². The van der Waals surface area contributed by atoms with Crippen LogP contribution < -0.4 is 10.1 Å². The third-order valence-corrected chi connectivity index (χ3v) is 3.31. The molecule has 1 aliphatic rings. The Morgan fingerprint density at radius 2 is 2.00 bits per heavy atom. The standard InChI is InChI=1S/C16H25NO2/c1-13(12-17-9-10-18-2)11-14-3-5-15(6-4-14)19-16-7-8-16/h3-6,13,16-17H,7-12H2,1-2H3. The maximum Gasteiger partial charge on any atom is 0.119 e. The molecule has 106 valence electrons. The second kappa shape index (κ2) is 7.51. The van der Waals surface area contributed by atoms with Crippen LogP contribution in [0.4, 0.5) is 0 Å². The minimum absolute atomic E-state index is 0.481. The molecule has 3 nitrogen and oxygen atoms in total. The molecule has 1 aliphatic carbocycles. The number of methoxy groups -OCH3 is 1. The van der Waals surface area contributed by atoms with E-state index in [1.165, 1.54) is 18.4 Å². The smallest absolute Gasteiger partial charge is 0.119 e. The summed E-state index contributed by atoms with van der Waals surface area (Å²) < 4.78 is 10.8. The molecule has 1 aromatic rings. The van der Waals surface area contributed by atoms with E-state index in [9.17, 15) is 0 Å². The van der Waals surface area contributed by atoms with Crippen molar-refractivity contribution in [1.82, 2.24) is 5.32 Å². The first-order valence-electron chi connectivity index (χ1n) is 7.23. The van der Waals surface area contributed by atoms with E-state index in [0.717, 1.165) is 31.9 Å². The first kappa shape index (κ1) is 14.4. The van der Waals surface area contributed by atoms with Gasteiger partial charge in [-0.05, 0) is 49.4 Å². The van der Waals surface area contributed by atoms with E-state index < -0.39 is 0 Å². The van der Waals surface area contributed by atoms with Crippen molar-refractivity contribution in [2.75, 3.05) is 26.8 Å². The Kier molecular flexibility index (Phi) is 5.67. The molecule has 1 fully saturated rings. The van der Waals surface area contributed by atoms with Gasteiger partial charge in [-0.25, -0.2) is 0 Å². The van der Waals surface area contributed by atoms with Crippen LogP contribution in [0.25, 0.3) is 0 Å². The van der Waals surface area contributed by atoms with Gasteiger partial charge in [0.05, 0.1) is 12.7 Å². The summed E-state index contributed by atoms with van der Waals surface area (Å²) in [7, 11) is 1.73. The van der Waals surface area contributed by atoms with Crippen LogP contribution in [0.1, 0.15) is 25.3 Å². The van der Waals surface area contributed by atoms with E-state index in [4.69, 9.17) is 9.47 Å². The SMILES string of the molecule is COCCNCC(C)Cc1ccc(OC2CC2)cc1. The van der Waals surface area contributed by atoms with Crippen molar-refractivity contribution in [2.24, 2.45) is 5.92 Å². The maximum atomic E-state index is 5.75. The van der Waals surface area contributed by atoms with Gasteiger partial charge in [0.25, 0.3) is 0 Å². The molecule has 0 saturated heterocycles. The van der Waals surface area contributed by atoms with Gasteiger partial charge in [-0.15, -0.1) is 0 Å². The van der Waals surface area contributed by atoms with Gasteiger partial charge in [-0.1, -0.05) is 19.1 Å². The number of ether oxygens (including phenoxy) is 2. The Morgan fingerprint density at radius 3 is 2.63 bits per heavy atom. The molecule has 0 spiro atoms. The maximum absolute atomic E-state index is 5.75. The quantitative estimate of drug-likeness (QED) is 0.695. The molecular formula is C16H25NO2. The van der Waals surface area contributed by atoms with Gasteiger partial charge < -0.3 is 14.8 Å². The van der Waals surface area contributed by atoms with Crippen molar-refractivity contribution >= 4 is 0 Å². The van der Waals surface area contributed by atoms with Crippen LogP contribution in [0.2, 0.25) is 0 Å². The molecule has 19 heavy (non-hydrogen) atoms. The second-order valence-corrected chi connectivity index (χ2v) is 5.47. The number of nitrogens with one attached hydrogen (secondary N) is 1. The zero-order valence-corrected chi connectivity index (χ0v) is 12.0. The monoisotopic (exact) mass is 263 g/mol. The van der Waals surface area contributed by atoms with Crippen LogP contribution in [0, 0.1) is 5.92 Å². The van der Waals surface area contributed by atoms with Crippen LogP contribution in [0.3, 0.4) is 0 Å². The summed E-state index contributed by atoms with van der Waals surface area (Å²) in [6.07, 6.45) is 4.01. The molecule has 0 bridgehead atoms. The minimum atomic E-state index is 0.481. The molecule has 0 aromatic heterocycles.